The molecule has 158 valence electrons. The highest BCUT2D eigenvalue weighted by Crippen LogP contribution is 2.27. The van der Waals surface area contributed by atoms with Gasteiger partial charge >= 0.3 is 0 Å². The fourth-order valence-electron chi connectivity index (χ4n) is 4.02. The Hall–Kier alpha value is -3.46. The lowest BCUT2D eigenvalue weighted by Gasteiger charge is -2.17. The van der Waals surface area contributed by atoms with Crippen LogP contribution in [0.25, 0.3) is 22.4 Å². The highest BCUT2D eigenvalue weighted by atomic mass is 19.1. The summed E-state index contributed by atoms with van der Waals surface area (Å²) in [6.45, 7) is 7.83. The van der Waals surface area contributed by atoms with Gasteiger partial charge in [0.15, 0.2) is 11.5 Å². The Morgan fingerprint density at radius 3 is 2.84 bits per heavy atom. The molecule has 9 heteroatoms. The predicted molar refractivity (Wildman–Crippen MR) is 117 cm³/mol. The third-order valence-corrected chi connectivity index (χ3v) is 5.42. The van der Waals surface area contributed by atoms with Crippen LogP contribution in [0.15, 0.2) is 30.6 Å². The Morgan fingerprint density at radius 2 is 2.00 bits per heavy atom. The minimum absolute atomic E-state index is 0.184. The summed E-state index contributed by atoms with van der Waals surface area (Å²) in [5.41, 5.74) is 4.48. The van der Waals surface area contributed by atoms with Gasteiger partial charge < -0.3 is 15.2 Å². The van der Waals surface area contributed by atoms with E-state index in [1.54, 1.807) is 6.20 Å². The molecule has 0 unspecified atom stereocenters. The van der Waals surface area contributed by atoms with E-state index in [2.05, 4.69) is 54.0 Å². The molecule has 1 aliphatic heterocycles. The Labute approximate surface area is 179 Å². The van der Waals surface area contributed by atoms with Gasteiger partial charge in [-0.3, -0.25) is 0 Å². The van der Waals surface area contributed by atoms with Gasteiger partial charge in [0.25, 0.3) is 0 Å². The molecule has 4 aromatic heterocycles. The quantitative estimate of drug-likeness (QED) is 0.522. The van der Waals surface area contributed by atoms with Crippen molar-refractivity contribution in [3.63, 3.8) is 0 Å². The molecular formula is C22H23FN8. The van der Waals surface area contributed by atoms with Gasteiger partial charge in [0.1, 0.15) is 17.3 Å². The molecule has 8 nitrogen and oxygen atoms in total. The lowest BCUT2D eigenvalue weighted by Crippen LogP contribution is -2.24. The van der Waals surface area contributed by atoms with Crippen LogP contribution in [0.4, 0.5) is 16.2 Å². The third-order valence-electron chi connectivity index (χ3n) is 5.42. The van der Waals surface area contributed by atoms with Crippen molar-refractivity contribution in [1.82, 2.24) is 34.8 Å². The molecule has 0 aromatic carbocycles. The molecule has 31 heavy (non-hydrogen) atoms. The van der Waals surface area contributed by atoms with Gasteiger partial charge in [0, 0.05) is 43.0 Å². The van der Waals surface area contributed by atoms with E-state index < -0.39 is 5.82 Å². The van der Waals surface area contributed by atoms with E-state index >= 15 is 0 Å². The zero-order valence-electron chi connectivity index (χ0n) is 17.6. The van der Waals surface area contributed by atoms with Crippen LogP contribution in [-0.4, -0.2) is 36.0 Å². The molecule has 2 N–H and O–H groups in total. The topological polar surface area (TPSA) is 93.4 Å². The third kappa shape index (κ3) is 3.61. The maximum absolute atomic E-state index is 14.7. The lowest BCUT2D eigenvalue weighted by molar-refractivity contribution is 0.600. The summed E-state index contributed by atoms with van der Waals surface area (Å²) < 4.78 is 16.7. The fourth-order valence-corrected chi connectivity index (χ4v) is 4.02. The smallest absolute Gasteiger partial charge is 0.229 e. The molecule has 0 radical (unpaired) electrons. The lowest BCUT2D eigenvalue weighted by atomic mass is 10.1. The molecule has 0 saturated heterocycles. The summed E-state index contributed by atoms with van der Waals surface area (Å²) in [5.74, 6) is 1.28. The average molecular weight is 418 g/mol. The van der Waals surface area contributed by atoms with Crippen molar-refractivity contribution in [2.45, 2.75) is 39.8 Å². The van der Waals surface area contributed by atoms with Gasteiger partial charge in [-0.25, -0.2) is 29.3 Å². The van der Waals surface area contributed by atoms with Gasteiger partial charge in [-0.15, -0.1) is 0 Å². The normalized spacial score (nSPS) is 13.6. The Balaban J connectivity index is 1.51. The summed E-state index contributed by atoms with van der Waals surface area (Å²) in [4.78, 5) is 22.1. The molecule has 5 rings (SSSR count). The monoisotopic (exact) mass is 418 g/mol. The van der Waals surface area contributed by atoms with Crippen LogP contribution >= 0.6 is 0 Å². The summed E-state index contributed by atoms with van der Waals surface area (Å²) >= 11 is 0. The van der Waals surface area contributed by atoms with Crippen molar-refractivity contribution >= 4 is 22.9 Å². The molecule has 0 saturated carbocycles. The number of pyridine rings is 2. The van der Waals surface area contributed by atoms with Gasteiger partial charge in [0.2, 0.25) is 5.95 Å². The highest BCUT2D eigenvalue weighted by molar-refractivity contribution is 5.78. The second-order valence-corrected chi connectivity index (χ2v) is 7.93. The zero-order chi connectivity index (χ0) is 21.5. The molecule has 4 aromatic rings. The van der Waals surface area contributed by atoms with Crippen LogP contribution in [0, 0.1) is 12.7 Å². The van der Waals surface area contributed by atoms with Crippen molar-refractivity contribution < 1.29 is 4.39 Å². The fraction of sp³-hybridized carbons (Fsp3) is 0.318. The van der Waals surface area contributed by atoms with E-state index in [-0.39, 0.29) is 17.7 Å². The molecule has 0 atom stereocenters. The summed E-state index contributed by atoms with van der Waals surface area (Å²) in [6.07, 6.45) is 3.63. The number of fused-ring (bicyclic) bond motifs is 2. The number of aryl methyl sites for hydroxylation is 1. The van der Waals surface area contributed by atoms with Crippen molar-refractivity contribution in [3.05, 3.63) is 53.5 Å². The Bertz CT molecular complexity index is 1280. The minimum Gasteiger partial charge on any atom is -0.324 e. The largest absolute Gasteiger partial charge is 0.324 e. The first-order chi connectivity index (χ1) is 15.0. The van der Waals surface area contributed by atoms with E-state index in [9.17, 15) is 4.39 Å². The van der Waals surface area contributed by atoms with Crippen LogP contribution in [0.5, 0.6) is 0 Å². The summed E-state index contributed by atoms with van der Waals surface area (Å²) in [6, 6.07) is 6.01. The molecular weight excluding hydrogens is 395 g/mol. The standard InChI is InChI=1S/C22H23FN8/c1-12(2)31-13(3)27-21-18(31)8-15(10-25-21)20-16(23)11-26-22(30-20)29-19-5-4-14-9-24-7-6-17(14)28-19/h4-5,8,10-12,24H,6-7,9H2,1-3H3,(H,26,28,29,30). The first-order valence-corrected chi connectivity index (χ1v) is 10.3. The van der Waals surface area contributed by atoms with E-state index in [1.807, 2.05) is 25.1 Å². The predicted octanol–water partition coefficient (Wildman–Crippen LogP) is 3.70. The minimum atomic E-state index is -0.511. The molecule has 5 heterocycles. The molecule has 0 fully saturated rings. The van der Waals surface area contributed by atoms with Crippen LogP contribution in [-0.2, 0) is 13.0 Å². The molecule has 0 aliphatic carbocycles. The number of aromatic nitrogens is 6. The van der Waals surface area contributed by atoms with Crippen LogP contribution in [0.1, 0.15) is 37.0 Å². The second kappa shape index (κ2) is 7.66. The number of rotatable bonds is 4. The van der Waals surface area contributed by atoms with Gasteiger partial charge in [0.05, 0.1) is 11.7 Å². The van der Waals surface area contributed by atoms with Crippen molar-refractivity contribution in [2.75, 3.05) is 11.9 Å². The van der Waals surface area contributed by atoms with Crippen molar-refractivity contribution in [3.8, 4) is 11.3 Å². The van der Waals surface area contributed by atoms with Gasteiger partial charge in [-0.2, -0.15) is 0 Å². The van der Waals surface area contributed by atoms with Crippen LogP contribution < -0.4 is 10.6 Å². The molecule has 1 aliphatic rings. The van der Waals surface area contributed by atoms with Gasteiger partial charge in [-0.1, -0.05) is 6.07 Å². The summed E-state index contributed by atoms with van der Waals surface area (Å²) in [7, 11) is 0. The maximum Gasteiger partial charge on any atom is 0.229 e. The van der Waals surface area contributed by atoms with Crippen molar-refractivity contribution in [1.29, 1.82) is 0 Å². The number of anilines is 2. The van der Waals surface area contributed by atoms with Crippen LogP contribution in [0.3, 0.4) is 0 Å². The SMILES string of the molecule is Cc1nc2ncc(-c3nc(Nc4ccc5c(n4)CCNC5)ncc3F)cc2n1C(C)C. The number of nitrogens with zero attached hydrogens (tertiary/aromatic N) is 6. The number of imidazole rings is 1. The Kier molecular flexibility index (Phi) is 4.82. The second-order valence-electron chi connectivity index (χ2n) is 7.93. The van der Waals surface area contributed by atoms with E-state index in [0.717, 1.165) is 36.5 Å². The number of hydrogen-bond donors (Lipinski definition) is 2. The number of nitrogens with one attached hydrogen (secondary N) is 2. The highest BCUT2D eigenvalue weighted by Gasteiger charge is 2.16. The average Bonchev–Trinajstić information content (AvgIpc) is 3.10. The molecule has 0 amide bonds. The van der Waals surface area contributed by atoms with E-state index in [0.29, 0.717) is 17.0 Å². The first-order valence-electron chi connectivity index (χ1n) is 10.3. The van der Waals surface area contributed by atoms with E-state index in [1.165, 1.54) is 11.8 Å². The van der Waals surface area contributed by atoms with Gasteiger partial charge in [-0.05, 0) is 38.5 Å². The van der Waals surface area contributed by atoms with E-state index in [4.69, 9.17) is 0 Å². The Morgan fingerprint density at radius 1 is 1.13 bits per heavy atom. The molecule has 0 spiro atoms. The maximum atomic E-state index is 14.7. The number of hydrogen-bond acceptors (Lipinski definition) is 7. The first kappa shape index (κ1) is 19.5. The van der Waals surface area contributed by atoms with Crippen molar-refractivity contribution in [2.24, 2.45) is 0 Å². The zero-order valence-corrected chi connectivity index (χ0v) is 17.6. The van der Waals surface area contributed by atoms with Crippen LogP contribution in [0.2, 0.25) is 0 Å². The molecule has 0 bridgehead atoms. The summed E-state index contributed by atoms with van der Waals surface area (Å²) in [5, 5.41) is 6.43. The number of halogens is 1.